The number of rotatable bonds is 0. The van der Waals surface area contributed by atoms with E-state index in [1.54, 1.807) is 0 Å². The van der Waals surface area contributed by atoms with Crippen LogP contribution in [0.25, 0.3) is 0 Å². The fourth-order valence-electron chi connectivity index (χ4n) is 2.38. The molecule has 0 radical (unpaired) electrons. The van der Waals surface area contributed by atoms with E-state index in [2.05, 4.69) is 0 Å². The van der Waals surface area contributed by atoms with Gasteiger partial charge in [-0.05, 0) is 25.7 Å². The quantitative estimate of drug-likeness (QED) is 0.257. The van der Waals surface area contributed by atoms with Crippen molar-refractivity contribution in [1.82, 2.24) is 0 Å². The van der Waals surface area contributed by atoms with Gasteiger partial charge in [-0.1, -0.05) is 25.7 Å². The number of hydrogen-bond acceptors (Lipinski definition) is 4. The van der Waals surface area contributed by atoms with Crippen molar-refractivity contribution in [2.45, 2.75) is 75.5 Å². The van der Waals surface area contributed by atoms with Crippen molar-refractivity contribution in [3.05, 3.63) is 0 Å². The van der Waals surface area contributed by atoms with Crippen LogP contribution in [0.15, 0.2) is 0 Å². The first kappa shape index (κ1) is 29.2. The zero-order valence-corrected chi connectivity index (χ0v) is 16.5. The van der Waals surface area contributed by atoms with Gasteiger partial charge in [0.1, 0.15) is 0 Å². The van der Waals surface area contributed by atoms with Crippen LogP contribution in [0.3, 0.4) is 0 Å². The molecule has 2 aliphatic carbocycles. The molecule has 4 atom stereocenters. The molecule has 6 nitrogen and oxygen atoms in total. The first-order chi connectivity index (χ1) is 7.61. The van der Waals surface area contributed by atoms with E-state index in [1.807, 2.05) is 0 Å². The van der Waals surface area contributed by atoms with Gasteiger partial charge in [-0.3, -0.25) is 0 Å². The van der Waals surface area contributed by atoms with E-state index in [1.165, 1.54) is 25.7 Å². The smallest absolute Gasteiger partial charge is 0.412 e. The Labute approximate surface area is 151 Å². The first-order valence-corrected chi connectivity index (χ1v) is 6.63. The van der Waals surface area contributed by atoms with Gasteiger partial charge in [0.05, 0.1) is 0 Å². The molecule has 2 rings (SSSR count). The average Bonchev–Trinajstić information content (AvgIpc) is 2.28. The van der Waals surface area contributed by atoms with Gasteiger partial charge >= 0.3 is 42.1 Å². The summed E-state index contributed by atoms with van der Waals surface area (Å²) < 4.78 is 0. The van der Waals surface area contributed by atoms with E-state index in [0.717, 1.165) is 25.7 Å². The molecule has 0 aromatic carbocycles. The zero-order valence-electron chi connectivity index (χ0n) is 11.9. The van der Waals surface area contributed by atoms with Crippen molar-refractivity contribution in [3.8, 4) is 0 Å². The van der Waals surface area contributed by atoms with Crippen LogP contribution in [0.5, 0.6) is 0 Å². The standard InChI is InChI=1S/2C6H14N2.2H2O.2Pt/c2*7-5-3-1-2-4-6(5)8;;;;/h2*5-6H,1-4,7-8H2;2*1H2;;/q;;;;2*+2/t2*5-,6?;;;;/m11..../s1. The molecule has 0 spiro atoms. The molecular weight excluding hydrogens is 622 g/mol. The molecule has 0 aromatic heterocycles. The minimum Gasteiger partial charge on any atom is -0.412 e. The molecule has 0 aliphatic heterocycles. The Hall–Kier alpha value is 1.14. The molecule has 0 aromatic rings. The van der Waals surface area contributed by atoms with Crippen LogP contribution >= 0.6 is 0 Å². The van der Waals surface area contributed by atoms with Gasteiger partial charge < -0.3 is 33.9 Å². The largest absolute Gasteiger partial charge is 2.00 e. The molecule has 12 N–H and O–H groups in total. The summed E-state index contributed by atoms with van der Waals surface area (Å²) in [5.74, 6) is 0. The minimum absolute atomic E-state index is 0. The van der Waals surface area contributed by atoms with E-state index < -0.39 is 0 Å². The van der Waals surface area contributed by atoms with Gasteiger partial charge in [0.2, 0.25) is 0 Å². The third-order valence-electron chi connectivity index (χ3n) is 3.75. The van der Waals surface area contributed by atoms with Crippen LogP contribution in [-0.2, 0) is 42.1 Å². The zero-order chi connectivity index (χ0) is 12.0. The van der Waals surface area contributed by atoms with Crippen molar-refractivity contribution in [2.24, 2.45) is 22.9 Å². The second-order valence-electron chi connectivity index (χ2n) is 5.22. The predicted octanol–water partition coefficient (Wildman–Crippen LogP) is -1.22. The normalized spacial score (nSPS) is 31.8. The maximum atomic E-state index is 5.65. The summed E-state index contributed by atoms with van der Waals surface area (Å²) in [5.41, 5.74) is 22.6. The van der Waals surface area contributed by atoms with E-state index in [-0.39, 0.29) is 77.3 Å². The molecule has 2 fully saturated rings. The van der Waals surface area contributed by atoms with Gasteiger partial charge in [-0.25, -0.2) is 0 Å². The van der Waals surface area contributed by atoms with E-state index in [4.69, 9.17) is 22.9 Å². The molecule has 0 saturated heterocycles. The van der Waals surface area contributed by atoms with Crippen LogP contribution < -0.4 is 22.9 Å². The maximum Gasteiger partial charge on any atom is 2.00 e. The maximum absolute atomic E-state index is 5.65. The van der Waals surface area contributed by atoms with Gasteiger partial charge in [0, 0.05) is 24.2 Å². The van der Waals surface area contributed by atoms with E-state index >= 15 is 0 Å². The number of nitrogens with two attached hydrogens (primary N) is 4. The average molecular weight is 655 g/mol. The molecule has 2 saturated carbocycles. The fraction of sp³-hybridized carbons (Fsp3) is 1.00. The topological polar surface area (TPSA) is 167 Å². The van der Waals surface area contributed by atoms with Crippen LogP contribution in [0.2, 0.25) is 0 Å². The van der Waals surface area contributed by atoms with Crippen molar-refractivity contribution in [1.29, 1.82) is 0 Å². The summed E-state index contributed by atoms with van der Waals surface area (Å²) in [6, 6.07) is 1.12. The van der Waals surface area contributed by atoms with Gasteiger partial charge in [0.25, 0.3) is 0 Å². The Balaban J connectivity index is -0.000000107. The number of hydrogen-bond donors (Lipinski definition) is 4. The molecule has 20 heavy (non-hydrogen) atoms. The Morgan fingerprint density at radius 3 is 0.700 bits per heavy atom. The monoisotopic (exact) mass is 654 g/mol. The summed E-state index contributed by atoms with van der Waals surface area (Å²) in [6.07, 6.45) is 9.60. The second-order valence-corrected chi connectivity index (χ2v) is 5.22. The van der Waals surface area contributed by atoms with Crippen molar-refractivity contribution in [3.63, 3.8) is 0 Å². The van der Waals surface area contributed by atoms with Gasteiger partial charge in [0.15, 0.2) is 0 Å². The minimum atomic E-state index is 0. The van der Waals surface area contributed by atoms with E-state index in [0.29, 0.717) is 0 Å². The van der Waals surface area contributed by atoms with E-state index in [9.17, 15) is 0 Å². The second kappa shape index (κ2) is 16.5. The summed E-state index contributed by atoms with van der Waals surface area (Å²) in [6.45, 7) is 0. The SMILES string of the molecule is NC1CCCC[C@H]1N.NC1CCCC[C@H]1N.O.O.[Pt+2].[Pt+2]. The molecule has 8 heteroatoms. The summed E-state index contributed by atoms with van der Waals surface area (Å²) in [5, 5.41) is 0. The molecule has 2 aliphatic rings. The summed E-state index contributed by atoms with van der Waals surface area (Å²) >= 11 is 0. The Morgan fingerprint density at radius 1 is 0.450 bits per heavy atom. The first-order valence-electron chi connectivity index (χ1n) is 6.63. The Morgan fingerprint density at radius 2 is 0.600 bits per heavy atom. The van der Waals surface area contributed by atoms with Crippen LogP contribution in [-0.4, -0.2) is 35.1 Å². The predicted molar refractivity (Wildman–Crippen MR) is 76.1 cm³/mol. The van der Waals surface area contributed by atoms with Crippen molar-refractivity contribution < 1.29 is 53.1 Å². The van der Waals surface area contributed by atoms with Gasteiger partial charge in [-0.15, -0.1) is 0 Å². The third-order valence-corrected chi connectivity index (χ3v) is 3.75. The molecule has 2 unspecified atom stereocenters. The van der Waals surface area contributed by atoms with Gasteiger partial charge in [-0.2, -0.15) is 0 Å². The Bertz CT molecular complexity index is 164. The molecule has 0 bridgehead atoms. The molecule has 0 amide bonds. The van der Waals surface area contributed by atoms with Crippen LogP contribution in [0.1, 0.15) is 51.4 Å². The summed E-state index contributed by atoms with van der Waals surface area (Å²) in [4.78, 5) is 0. The van der Waals surface area contributed by atoms with Crippen molar-refractivity contribution in [2.75, 3.05) is 0 Å². The molecule has 0 heterocycles. The fourth-order valence-corrected chi connectivity index (χ4v) is 2.38. The molecule has 128 valence electrons. The molecular formula is C12H32N4O2Pt2+4. The Kier molecular flexibility index (Phi) is 24.1. The summed E-state index contributed by atoms with van der Waals surface area (Å²) in [7, 11) is 0. The van der Waals surface area contributed by atoms with Crippen molar-refractivity contribution >= 4 is 0 Å². The third kappa shape index (κ3) is 11.8. The van der Waals surface area contributed by atoms with Crippen LogP contribution in [0.4, 0.5) is 0 Å². The van der Waals surface area contributed by atoms with Crippen LogP contribution in [0, 0.1) is 0 Å².